The highest BCUT2D eigenvalue weighted by Gasteiger charge is 2.24. The molecule has 0 aromatic heterocycles. The number of carboxylic acid groups (broad SMARTS) is 2. The van der Waals surface area contributed by atoms with E-state index in [1.54, 1.807) is 0 Å². The Morgan fingerprint density at radius 1 is 1.35 bits per heavy atom. The second-order valence-electron chi connectivity index (χ2n) is 4.79. The van der Waals surface area contributed by atoms with Crippen LogP contribution in [0, 0.1) is 16.7 Å². The van der Waals surface area contributed by atoms with E-state index in [2.05, 4.69) is 5.32 Å². The second kappa shape index (κ2) is 5.89. The van der Waals surface area contributed by atoms with Crippen LogP contribution in [0.15, 0.2) is 11.8 Å². The molecule has 6 heteroatoms. The third-order valence-corrected chi connectivity index (χ3v) is 1.78. The Balaban J connectivity index is 4.72. The Morgan fingerprint density at radius 3 is 2.12 bits per heavy atom. The maximum Gasteiger partial charge on any atom is 0.337 e. The number of nitrogens with zero attached hydrogens (tertiary/aromatic N) is 1. The molecular weight excluding hydrogens is 224 g/mol. The molecule has 0 radical (unpaired) electrons. The number of aliphatic carboxylic acids is 2. The first-order chi connectivity index (χ1) is 7.67. The van der Waals surface area contributed by atoms with Gasteiger partial charge in [-0.2, -0.15) is 5.26 Å². The van der Waals surface area contributed by atoms with Crippen LogP contribution in [0.2, 0.25) is 0 Å². The number of nitriles is 1. The molecule has 0 heterocycles. The van der Waals surface area contributed by atoms with Crippen LogP contribution in [-0.2, 0) is 9.59 Å². The molecule has 0 aromatic rings. The first kappa shape index (κ1) is 15.0. The highest BCUT2D eigenvalue weighted by atomic mass is 16.4. The second-order valence-corrected chi connectivity index (χ2v) is 4.79. The lowest BCUT2D eigenvalue weighted by Crippen LogP contribution is -2.40. The van der Waals surface area contributed by atoms with E-state index in [1.807, 2.05) is 26.8 Å². The van der Waals surface area contributed by atoms with Crippen molar-refractivity contribution >= 4 is 11.9 Å². The first-order valence-corrected chi connectivity index (χ1v) is 4.98. The van der Waals surface area contributed by atoms with Crippen molar-refractivity contribution in [3.63, 3.8) is 0 Å². The van der Waals surface area contributed by atoms with Gasteiger partial charge in [0.05, 0.1) is 6.07 Å². The van der Waals surface area contributed by atoms with Crippen molar-refractivity contribution < 1.29 is 19.8 Å². The standard InChI is InChI=1S/C11H16N2O4/c1-11(2,3)4-7(5-12)6-13-8(9(14)15)10(16)17/h6,8,13H,4H2,1-3H3,(H,14,15)(H,16,17)/b7-6+. The summed E-state index contributed by atoms with van der Waals surface area (Å²) in [5.41, 5.74) is 0.176. The van der Waals surface area contributed by atoms with Crippen LogP contribution >= 0.6 is 0 Å². The zero-order chi connectivity index (χ0) is 13.6. The van der Waals surface area contributed by atoms with Gasteiger partial charge in [0.1, 0.15) is 0 Å². The molecule has 0 aliphatic rings. The van der Waals surface area contributed by atoms with E-state index in [0.717, 1.165) is 6.20 Å². The minimum Gasteiger partial charge on any atom is -0.479 e. The molecule has 94 valence electrons. The van der Waals surface area contributed by atoms with Gasteiger partial charge in [0.25, 0.3) is 0 Å². The largest absolute Gasteiger partial charge is 0.479 e. The van der Waals surface area contributed by atoms with Gasteiger partial charge >= 0.3 is 11.9 Å². The molecule has 0 saturated carbocycles. The highest BCUT2D eigenvalue weighted by Crippen LogP contribution is 2.23. The molecule has 3 N–H and O–H groups in total. The lowest BCUT2D eigenvalue weighted by molar-refractivity contribution is -0.150. The number of hydrogen-bond donors (Lipinski definition) is 3. The van der Waals surface area contributed by atoms with Crippen LogP contribution in [0.3, 0.4) is 0 Å². The molecule has 0 atom stereocenters. The van der Waals surface area contributed by atoms with Crippen LogP contribution in [0.1, 0.15) is 27.2 Å². The summed E-state index contributed by atoms with van der Waals surface area (Å²) in [7, 11) is 0. The number of nitrogens with one attached hydrogen (secondary N) is 1. The molecule has 0 rings (SSSR count). The molecule has 0 aliphatic heterocycles. The maximum atomic E-state index is 10.6. The van der Waals surface area contributed by atoms with E-state index in [4.69, 9.17) is 15.5 Å². The minimum atomic E-state index is -1.74. The fraction of sp³-hybridized carbons (Fsp3) is 0.545. The summed E-state index contributed by atoms with van der Waals surface area (Å²) in [4.78, 5) is 21.1. The number of carbonyl (C=O) groups is 2. The summed E-state index contributed by atoms with van der Waals surface area (Å²) < 4.78 is 0. The minimum absolute atomic E-state index is 0.134. The molecule has 0 saturated heterocycles. The summed E-state index contributed by atoms with van der Waals surface area (Å²) in [5.74, 6) is -3.00. The van der Waals surface area contributed by atoms with Crippen LogP contribution in [-0.4, -0.2) is 28.2 Å². The molecule has 0 aliphatic carbocycles. The summed E-state index contributed by atoms with van der Waals surface area (Å²) in [6.07, 6.45) is 1.58. The molecule has 0 aromatic carbocycles. The Bertz CT molecular complexity index is 360. The molecule has 17 heavy (non-hydrogen) atoms. The monoisotopic (exact) mass is 240 g/mol. The molecule has 0 bridgehead atoms. The average Bonchev–Trinajstić information content (AvgIpc) is 2.13. The lowest BCUT2D eigenvalue weighted by Gasteiger charge is -2.17. The smallest absolute Gasteiger partial charge is 0.337 e. The van der Waals surface area contributed by atoms with Crippen molar-refractivity contribution in [2.75, 3.05) is 0 Å². The topological polar surface area (TPSA) is 110 Å². The van der Waals surface area contributed by atoms with E-state index in [0.29, 0.717) is 12.0 Å². The molecular formula is C11H16N2O4. The normalized spacial score (nSPS) is 12.1. The molecule has 0 spiro atoms. The van der Waals surface area contributed by atoms with Gasteiger partial charge in [-0.15, -0.1) is 0 Å². The summed E-state index contributed by atoms with van der Waals surface area (Å²) >= 11 is 0. The fourth-order valence-corrected chi connectivity index (χ4v) is 1.13. The highest BCUT2D eigenvalue weighted by molar-refractivity contribution is 5.97. The van der Waals surface area contributed by atoms with Gasteiger partial charge in [-0.1, -0.05) is 20.8 Å². The third kappa shape index (κ3) is 6.20. The molecule has 0 fully saturated rings. The Hall–Kier alpha value is -2.03. The van der Waals surface area contributed by atoms with Gasteiger partial charge < -0.3 is 15.5 Å². The van der Waals surface area contributed by atoms with E-state index in [9.17, 15) is 9.59 Å². The van der Waals surface area contributed by atoms with Gasteiger partial charge in [0.15, 0.2) is 0 Å². The number of carboxylic acids is 2. The molecule has 0 amide bonds. The maximum absolute atomic E-state index is 10.6. The Kier molecular flexibility index (Phi) is 5.19. The lowest BCUT2D eigenvalue weighted by atomic mass is 9.89. The van der Waals surface area contributed by atoms with Crippen molar-refractivity contribution in [2.24, 2.45) is 5.41 Å². The van der Waals surface area contributed by atoms with Crippen molar-refractivity contribution in [1.29, 1.82) is 5.26 Å². The summed E-state index contributed by atoms with van der Waals surface area (Å²) in [6.45, 7) is 5.76. The Labute approximate surface area is 99.6 Å². The predicted molar refractivity (Wildman–Crippen MR) is 60.0 cm³/mol. The van der Waals surface area contributed by atoms with Gasteiger partial charge in [-0.3, -0.25) is 0 Å². The van der Waals surface area contributed by atoms with Crippen molar-refractivity contribution in [1.82, 2.24) is 5.32 Å². The number of rotatable bonds is 5. The van der Waals surface area contributed by atoms with E-state index in [-0.39, 0.29) is 5.41 Å². The summed E-state index contributed by atoms with van der Waals surface area (Å²) in [5, 5.41) is 28.2. The molecule has 0 unspecified atom stereocenters. The van der Waals surface area contributed by atoms with Gasteiger partial charge in [0.2, 0.25) is 6.04 Å². The predicted octanol–water partition coefficient (Wildman–Crippen LogP) is 0.957. The van der Waals surface area contributed by atoms with Gasteiger partial charge in [0, 0.05) is 11.8 Å². The fourth-order valence-electron chi connectivity index (χ4n) is 1.13. The molecule has 6 nitrogen and oxygen atoms in total. The Morgan fingerprint density at radius 2 is 1.82 bits per heavy atom. The average molecular weight is 240 g/mol. The van der Waals surface area contributed by atoms with E-state index in [1.165, 1.54) is 0 Å². The zero-order valence-corrected chi connectivity index (χ0v) is 10.0. The number of hydrogen-bond acceptors (Lipinski definition) is 4. The number of allylic oxidation sites excluding steroid dienone is 1. The van der Waals surface area contributed by atoms with Gasteiger partial charge in [-0.25, -0.2) is 9.59 Å². The van der Waals surface area contributed by atoms with Crippen LogP contribution in [0.25, 0.3) is 0 Å². The van der Waals surface area contributed by atoms with Gasteiger partial charge in [-0.05, 0) is 11.8 Å². The van der Waals surface area contributed by atoms with E-state index >= 15 is 0 Å². The van der Waals surface area contributed by atoms with Crippen molar-refractivity contribution in [3.05, 3.63) is 11.8 Å². The van der Waals surface area contributed by atoms with E-state index < -0.39 is 18.0 Å². The summed E-state index contributed by atoms with van der Waals surface area (Å²) in [6, 6.07) is 0.167. The zero-order valence-electron chi connectivity index (χ0n) is 10.0. The SMILES string of the molecule is CC(C)(C)C/C(C#N)=C\NC(C(=O)O)C(=O)O. The van der Waals surface area contributed by atoms with Crippen molar-refractivity contribution in [2.45, 2.75) is 33.2 Å². The van der Waals surface area contributed by atoms with Crippen molar-refractivity contribution in [3.8, 4) is 6.07 Å². The first-order valence-electron chi connectivity index (χ1n) is 4.98. The van der Waals surface area contributed by atoms with Crippen LogP contribution in [0.4, 0.5) is 0 Å². The third-order valence-electron chi connectivity index (χ3n) is 1.78. The van der Waals surface area contributed by atoms with Crippen LogP contribution < -0.4 is 5.32 Å². The quantitative estimate of drug-likeness (QED) is 0.487. The van der Waals surface area contributed by atoms with Crippen LogP contribution in [0.5, 0.6) is 0 Å².